The minimum atomic E-state index is -0.395. The maximum Gasteiger partial charge on any atom is 0.337 e. The summed E-state index contributed by atoms with van der Waals surface area (Å²) in [5.41, 5.74) is 2.50. The summed E-state index contributed by atoms with van der Waals surface area (Å²) in [7, 11) is 1.34. The lowest BCUT2D eigenvalue weighted by Gasteiger charge is -2.11. The quantitative estimate of drug-likeness (QED) is 0.641. The zero-order valence-electron chi connectivity index (χ0n) is 15.0. The van der Waals surface area contributed by atoms with Crippen molar-refractivity contribution in [2.45, 2.75) is 13.5 Å². The van der Waals surface area contributed by atoms with E-state index in [4.69, 9.17) is 0 Å². The normalized spacial score (nSPS) is 10.3. The number of aryl methyl sites for hydroxylation is 1. The van der Waals surface area contributed by atoms with Gasteiger partial charge in [0.15, 0.2) is 0 Å². The molecular formula is C20H19FN4O2. The highest BCUT2D eigenvalue weighted by atomic mass is 19.1. The fourth-order valence-electron chi connectivity index (χ4n) is 2.48. The topological polar surface area (TPSA) is 76.1 Å². The zero-order chi connectivity index (χ0) is 19.2. The molecule has 2 aromatic carbocycles. The standard InChI is InChI=1S/C20H19FN4O2/c1-13-11-18(22-12-15-5-3-4-6-17(15)21)25-20(23-13)24-16-9-7-14(8-10-16)19(26)27-2/h3-11H,12H2,1-2H3,(H2,22,23,24,25). The van der Waals surface area contributed by atoms with Gasteiger partial charge < -0.3 is 15.4 Å². The summed E-state index contributed by atoms with van der Waals surface area (Å²) in [6.07, 6.45) is 0. The number of rotatable bonds is 6. The Bertz CT molecular complexity index is 945. The van der Waals surface area contributed by atoms with Gasteiger partial charge in [0.1, 0.15) is 11.6 Å². The highest BCUT2D eigenvalue weighted by molar-refractivity contribution is 5.89. The third-order valence-electron chi connectivity index (χ3n) is 3.83. The zero-order valence-corrected chi connectivity index (χ0v) is 15.0. The van der Waals surface area contributed by atoms with E-state index in [0.717, 1.165) is 11.4 Å². The van der Waals surface area contributed by atoms with Crippen LogP contribution in [0.3, 0.4) is 0 Å². The van der Waals surface area contributed by atoms with Crippen molar-refractivity contribution in [3.8, 4) is 0 Å². The first-order valence-corrected chi connectivity index (χ1v) is 8.33. The molecule has 138 valence electrons. The summed E-state index contributed by atoms with van der Waals surface area (Å²) < 4.78 is 18.4. The molecule has 0 radical (unpaired) electrons. The molecule has 1 aromatic heterocycles. The minimum Gasteiger partial charge on any atom is -0.465 e. The largest absolute Gasteiger partial charge is 0.465 e. The number of esters is 1. The number of nitrogens with zero attached hydrogens (tertiary/aromatic N) is 2. The highest BCUT2D eigenvalue weighted by Gasteiger charge is 2.07. The predicted octanol–water partition coefficient (Wildman–Crippen LogP) is 4.07. The Morgan fingerprint density at radius 1 is 1.11 bits per heavy atom. The lowest BCUT2D eigenvalue weighted by Crippen LogP contribution is -2.07. The van der Waals surface area contributed by atoms with Gasteiger partial charge in [-0.1, -0.05) is 18.2 Å². The van der Waals surface area contributed by atoms with Gasteiger partial charge in [0, 0.05) is 29.6 Å². The Labute approximate surface area is 156 Å². The second-order valence-corrected chi connectivity index (χ2v) is 5.86. The van der Waals surface area contributed by atoms with E-state index in [-0.39, 0.29) is 5.82 Å². The van der Waals surface area contributed by atoms with Crippen molar-refractivity contribution in [3.05, 3.63) is 77.2 Å². The molecule has 0 fully saturated rings. The van der Waals surface area contributed by atoms with Crippen molar-refractivity contribution in [3.63, 3.8) is 0 Å². The number of hydrogen-bond acceptors (Lipinski definition) is 6. The lowest BCUT2D eigenvalue weighted by molar-refractivity contribution is 0.0601. The molecule has 6 nitrogen and oxygen atoms in total. The number of methoxy groups -OCH3 is 1. The number of nitrogens with one attached hydrogen (secondary N) is 2. The van der Waals surface area contributed by atoms with Gasteiger partial charge in [0.2, 0.25) is 5.95 Å². The van der Waals surface area contributed by atoms with E-state index in [1.54, 1.807) is 48.5 Å². The molecule has 1 heterocycles. The Kier molecular flexibility index (Phi) is 5.61. The van der Waals surface area contributed by atoms with Crippen LogP contribution in [0.5, 0.6) is 0 Å². The molecule has 2 N–H and O–H groups in total. The average Bonchev–Trinajstić information content (AvgIpc) is 2.67. The van der Waals surface area contributed by atoms with E-state index >= 15 is 0 Å². The molecule has 0 atom stereocenters. The van der Waals surface area contributed by atoms with Gasteiger partial charge in [-0.2, -0.15) is 4.98 Å². The van der Waals surface area contributed by atoms with Crippen LogP contribution in [0.2, 0.25) is 0 Å². The van der Waals surface area contributed by atoms with Crippen LogP contribution in [0.4, 0.5) is 21.8 Å². The predicted molar refractivity (Wildman–Crippen MR) is 102 cm³/mol. The van der Waals surface area contributed by atoms with Gasteiger partial charge in [-0.3, -0.25) is 0 Å². The van der Waals surface area contributed by atoms with E-state index in [9.17, 15) is 9.18 Å². The van der Waals surface area contributed by atoms with Gasteiger partial charge in [-0.25, -0.2) is 14.2 Å². The Morgan fingerprint density at radius 3 is 2.56 bits per heavy atom. The van der Waals surface area contributed by atoms with Crippen molar-refractivity contribution in [1.82, 2.24) is 9.97 Å². The maximum absolute atomic E-state index is 13.7. The van der Waals surface area contributed by atoms with Crippen molar-refractivity contribution in [2.75, 3.05) is 17.7 Å². The number of carbonyl (C=O) groups excluding carboxylic acids is 1. The molecule has 3 aromatic rings. The molecule has 0 aliphatic rings. The fraction of sp³-hybridized carbons (Fsp3) is 0.150. The smallest absolute Gasteiger partial charge is 0.337 e. The molecule has 0 unspecified atom stereocenters. The van der Waals surface area contributed by atoms with E-state index < -0.39 is 5.97 Å². The molecule has 0 saturated heterocycles. The molecule has 3 rings (SSSR count). The first-order chi connectivity index (χ1) is 13.0. The van der Waals surface area contributed by atoms with Crippen LogP contribution in [0.15, 0.2) is 54.6 Å². The summed E-state index contributed by atoms with van der Waals surface area (Å²) in [6.45, 7) is 2.16. The number of aromatic nitrogens is 2. The Morgan fingerprint density at radius 2 is 1.85 bits per heavy atom. The second-order valence-electron chi connectivity index (χ2n) is 5.86. The monoisotopic (exact) mass is 366 g/mol. The van der Waals surface area contributed by atoms with Crippen LogP contribution < -0.4 is 10.6 Å². The third kappa shape index (κ3) is 4.78. The molecule has 0 aliphatic carbocycles. The van der Waals surface area contributed by atoms with E-state index in [1.165, 1.54) is 13.2 Å². The molecule has 0 saturated carbocycles. The summed E-state index contributed by atoms with van der Waals surface area (Å²) in [5, 5.41) is 6.20. The van der Waals surface area contributed by atoms with E-state index in [2.05, 4.69) is 25.3 Å². The fourth-order valence-corrected chi connectivity index (χ4v) is 2.48. The van der Waals surface area contributed by atoms with Crippen molar-refractivity contribution in [2.24, 2.45) is 0 Å². The van der Waals surface area contributed by atoms with Crippen molar-refractivity contribution >= 4 is 23.4 Å². The van der Waals surface area contributed by atoms with Gasteiger partial charge in [-0.05, 0) is 37.3 Å². The summed E-state index contributed by atoms with van der Waals surface area (Å²) in [5.74, 6) is 0.323. The van der Waals surface area contributed by atoms with Gasteiger partial charge in [0.05, 0.1) is 12.7 Å². The van der Waals surface area contributed by atoms with Crippen LogP contribution in [0.1, 0.15) is 21.6 Å². The molecule has 0 amide bonds. The number of halogens is 1. The summed E-state index contributed by atoms with van der Waals surface area (Å²) >= 11 is 0. The Balaban J connectivity index is 1.71. The van der Waals surface area contributed by atoms with Crippen LogP contribution in [-0.4, -0.2) is 23.0 Å². The molecule has 0 bridgehead atoms. The SMILES string of the molecule is COC(=O)c1ccc(Nc2nc(C)cc(NCc3ccccc3F)n2)cc1. The number of ether oxygens (including phenoxy) is 1. The number of benzene rings is 2. The minimum absolute atomic E-state index is 0.264. The van der Waals surface area contributed by atoms with Crippen LogP contribution in [0.25, 0.3) is 0 Å². The summed E-state index contributed by atoms with van der Waals surface area (Å²) in [6, 6.07) is 15.2. The van der Waals surface area contributed by atoms with Crippen molar-refractivity contribution in [1.29, 1.82) is 0 Å². The number of hydrogen-bond donors (Lipinski definition) is 2. The van der Waals surface area contributed by atoms with Gasteiger partial charge >= 0.3 is 5.97 Å². The number of carbonyl (C=O) groups is 1. The third-order valence-corrected chi connectivity index (χ3v) is 3.83. The molecule has 0 aliphatic heterocycles. The van der Waals surface area contributed by atoms with Crippen LogP contribution >= 0.6 is 0 Å². The molecule has 27 heavy (non-hydrogen) atoms. The molecular weight excluding hydrogens is 347 g/mol. The summed E-state index contributed by atoms with van der Waals surface area (Å²) in [4.78, 5) is 20.2. The molecule has 0 spiro atoms. The van der Waals surface area contributed by atoms with Gasteiger partial charge in [0.25, 0.3) is 0 Å². The maximum atomic E-state index is 13.7. The lowest BCUT2D eigenvalue weighted by atomic mass is 10.2. The Hall–Kier alpha value is -3.48. The van der Waals surface area contributed by atoms with Crippen LogP contribution in [0, 0.1) is 12.7 Å². The van der Waals surface area contributed by atoms with Gasteiger partial charge in [-0.15, -0.1) is 0 Å². The average molecular weight is 366 g/mol. The second kappa shape index (κ2) is 8.27. The highest BCUT2D eigenvalue weighted by Crippen LogP contribution is 2.18. The van der Waals surface area contributed by atoms with E-state index in [1.807, 2.05) is 6.92 Å². The van der Waals surface area contributed by atoms with Crippen molar-refractivity contribution < 1.29 is 13.9 Å². The molecule has 7 heteroatoms. The van der Waals surface area contributed by atoms with E-state index in [0.29, 0.717) is 29.4 Å². The first-order valence-electron chi connectivity index (χ1n) is 8.33. The van der Waals surface area contributed by atoms with Crippen LogP contribution in [-0.2, 0) is 11.3 Å². The number of anilines is 3. The first kappa shape index (κ1) is 18.3.